The van der Waals surface area contributed by atoms with Crippen molar-refractivity contribution in [2.45, 2.75) is 17.9 Å². The number of likely N-dealkylation sites (N-methyl/N-ethyl adjacent to an activating group) is 2. The number of piperazine rings is 1. The van der Waals surface area contributed by atoms with Gasteiger partial charge in [-0.05, 0) is 44.8 Å². The molecule has 0 saturated carbocycles. The Balaban J connectivity index is 2.07. The number of sulfonamides is 1. The third-order valence-corrected chi connectivity index (χ3v) is 5.28. The summed E-state index contributed by atoms with van der Waals surface area (Å²) in [7, 11) is 0.555. The molecule has 1 fully saturated rings. The molecule has 1 aromatic carbocycles. The molecule has 1 atom stereocenters. The molecular weight excluding hydrogens is 288 g/mol. The molecule has 0 radical (unpaired) electrons. The number of aryl methyl sites for hydroxylation is 1. The molecule has 0 spiro atoms. The summed E-state index contributed by atoms with van der Waals surface area (Å²) in [4.78, 5) is 4.63. The quantitative estimate of drug-likeness (QED) is 0.771. The van der Waals surface area contributed by atoms with Crippen molar-refractivity contribution in [3.8, 4) is 0 Å². The maximum Gasteiger partial charge on any atom is 0.240 e. The number of nitrogens with zero attached hydrogens (tertiary/aromatic N) is 2. The van der Waals surface area contributed by atoms with E-state index in [1.54, 1.807) is 12.1 Å². The lowest BCUT2D eigenvalue weighted by atomic mass is 10.2. The first-order valence-corrected chi connectivity index (χ1v) is 8.52. The van der Waals surface area contributed by atoms with Crippen molar-refractivity contribution in [1.82, 2.24) is 14.5 Å². The second-order valence-corrected chi connectivity index (χ2v) is 7.59. The molecule has 1 aliphatic heterocycles. The van der Waals surface area contributed by atoms with Crippen LogP contribution in [0.25, 0.3) is 0 Å². The molecular formula is C14H24N4O2S. The van der Waals surface area contributed by atoms with Gasteiger partial charge >= 0.3 is 0 Å². The smallest absolute Gasteiger partial charge is 0.240 e. The number of anilines is 1. The van der Waals surface area contributed by atoms with Crippen molar-refractivity contribution in [2.24, 2.45) is 0 Å². The van der Waals surface area contributed by atoms with Crippen LogP contribution >= 0.6 is 0 Å². The fourth-order valence-corrected chi connectivity index (χ4v) is 3.75. The predicted molar refractivity (Wildman–Crippen MR) is 84.7 cm³/mol. The van der Waals surface area contributed by atoms with Crippen LogP contribution in [-0.4, -0.2) is 64.5 Å². The second-order valence-electron chi connectivity index (χ2n) is 5.83. The Morgan fingerprint density at radius 1 is 1.29 bits per heavy atom. The SMILES string of the molecule is Cc1cc(N)cc(S(=O)(=O)NCC2CN(C)CCN2C)c1. The lowest BCUT2D eigenvalue weighted by Crippen LogP contribution is -2.54. The Morgan fingerprint density at radius 3 is 2.67 bits per heavy atom. The summed E-state index contributed by atoms with van der Waals surface area (Å²) in [5.41, 5.74) is 7.03. The molecule has 1 aromatic rings. The van der Waals surface area contributed by atoms with E-state index in [0.717, 1.165) is 25.2 Å². The summed E-state index contributed by atoms with van der Waals surface area (Å²) in [5.74, 6) is 0. The highest BCUT2D eigenvalue weighted by molar-refractivity contribution is 7.89. The van der Waals surface area contributed by atoms with E-state index in [2.05, 4.69) is 21.6 Å². The van der Waals surface area contributed by atoms with Gasteiger partial charge in [-0.1, -0.05) is 0 Å². The summed E-state index contributed by atoms with van der Waals surface area (Å²) in [6.45, 7) is 5.04. The molecule has 2 rings (SSSR count). The van der Waals surface area contributed by atoms with Gasteiger partial charge in [0.1, 0.15) is 0 Å². The van der Waals surface area contributed by atoms with Gasteiger partial charge in [-0.25, -0.2) is 13.1 Å². The second kappa shape index (κ2) is 6.31. The largest absolute Gasteiger partial charge is 0.399 e. The molecule has 1 heterocycles. The fraction of sp³-hybridized carbons (Fsp3) is 0.571. The first-order chi connectivity index (χ1) is 9.78. The van der Waals surface area contributed by atoms with E-state index in [9.17, 15) is 8.42 Å². The number of nitrogens with one attached hydrogen (secondary N) is 1. The molecule has 1 aliphatic rings. The lowest BCUT2D eigenvalue weighted by molar-refractivity contribution is 0.117. The summed E-state index contributed by atoms with van der Waals surface area (Å²) in [6, 6.07) is 5.06. The Labute approximate surface area is 127 Å². The van der Waals surface area contributed by atoms with Crippen LogP contribution < -0.4 is 10.5 Å². The molecule has 0 aromatic heterocycles. The van der Waals surface area contributed by atoms with E-state index in [1.807, 2.05) is 14.0 Å². The topological polar surface area (TPSA) is 78.7 Å². The third kappa shape index (κ3) is 4.16. The predicted octanol–water partition coefficient (Wildman–Crippen LogP) is 0.101. The van der Waals surface area contributed by atoms with Crippen LogP contribution in [0.4, 0.5) is 5.69 Å². The molecule has 21 heavy (non-hydrogen) atoms. The number of benzene rings is 1. The number of rotatable bonds is 4. The molecule has 0 amide bonds. The Morgan fingerprint density at radius 2 is 2.00 bits per heavy atom. The molecule has 6 nitrogen and oxygen atoms in total. The summed E-state index contributed by atoms with van der Waals surface area (Å²) in [5, 5.41) is 0. The van der Waals surface area contributed by atoms with Gasteiger partial charge in [-0.3, -0.25) is 4.90 Å². The van der Waals surface area contributed by atoms with Crippen LogP contribution in [0, 0.1) is 6.92 Å². The summed E-state index contributed by atoms with van der Waals surface area (Å²) < 4.78 is 27.4. The van der Waals surface area contributed by atoms with Crippen molar-refractivity contribution in [2.75, 3.05) is 46.0 Å². The molecule has 3 N–H and O–H groups in total. The molecule has 118 valence electrons. The van der Waals surface area contributed by atoms with E-state index in [4.69, 9.17) is 5.73 Å². The Bertz CT molecular complexity index is 583. The van der Waals surface area contributed by atoms with E-state index in [0.29, 0.717) is 12.2 Å². The highest BCUT2D eigenvalue weighted by Gasteiger charge is 2.24. The van der Waals surface area contributed by atoms with E-state index >= 15 is 0 Å². The van der Waals surface area contributed by atoms with Gasteiger partial charge in [-0.2, -0.15) is 0 Å². The zero-order valence-corrected chi connectivity index (χ0v) is 13.7. The molecule has 1 saturated heterocycles. The first kappa shape index (κ1) is 16.2. The van der Waals surface area contributed by atoms with Gasteiger partial charge < -0.3 is 10.6 Å². The molecule has 1 unspecified atom stereocenters. The number of hydrogen-bond acceptors (Lipinski definition) is 5. The van der Waals surface area contributed by atoms with Gasteiger partial charge in [0.15, 0.2) is 0 Å². The third-order valence-electron chi connectivity index (χ3n) is 3.87. The highest BCUT2D eigenvalue weighted by Crippen LogP contribution is 2.16. The van der Waals surface area contributed by atoms with E-state index in [1.165, 1.54) is 6.07 Å². The minimum atomic E-state index is -3.52. The maximum absolute atomic E-state index is 12.4. The number of nitrogens with two attached hydrogens (primary N) is 1. The van der Waals surface area contributed by atoms with Crippen LogP contribution in [0.3, 0.4) is 0 Å². The Kier molecular flexibility index (Phi) is 4.88. The molecule has 0 bridgehead atoms. The monoisotopic (exact) mass is 312 g/mol. The fourth-order valence-electron chi connectivity index (χ4n) is 2.54. The van der Waals surface area contributed by atoms with Gasteiger partial charge in [0.2, 0.25) is 10.0 Å². The lowest BCUT2D eigenvalue weighted by Gasteiger charge is -2.37. The summed E-state index contributed by atoms with van der Waals surface area (Å²) in [6.07, 6.45) is 0. The Hall–Kier alpha value is -1.15. The van der Waals surface area contributed by atoms with Gasteiger partial charge in [0, 0.05) is 37.9 Å². The standard InChI is InChI=1S/C14H24N4O2S/c1-11-6-12(15)8-14(7-11)21(19,20)16-9-13-10-17(2)4-5-18(13)3/h6-8,13,16H,4-5,9-10,15H2,1-3H3. The zero-order valence-electron chi connectivity index (χ0n) is 12.8. The van der Waals surface area contributed by atoms with Gasteiger partial charge in [0.05, 0.1) is 4.90 Å². The number of nitrogen functional groups attached to an aromatic ring is 1. The number of hydrogen-bond donors (Lipinski definition) is 2. The zero-order chi connectivity index (χ0) is 15.6. The molecule has 0 aliphatic carbocycles. The highest BCUT2D eigenvalue weighted by atomic mass is 32.2. The van der Waals surface area contributed by atoms with Crippen LogP contribution in [0.1, 0.15) is 5.56 Å². The van der Waals surface area contributed by atoms with E-state index in [-0.39, 0.29) is 10.9 Å². The van der Waals surface area contributed by atoms with Crippen molar-refractivity contribution in [1.29, 1.82) is 0 Å². The maximum atomic E-state index is 12.4. The van der Waals surface area contributed by atoms with Crippen molar-refractivity contribution in [3.05, 3.63) is 23.8 Å². The average molecular weight is 312 g/mol. The summed E-state index contributed by atoms with van der Waals surface area (Å²) >= 11 is 0. The van der Waals surface area contributed by atoms with Crippen molar-refractivity contribution < 1.29 is 8.42 Å². The first-order valence-electron chi connectivity index (χ1n) is 7.03. The van der Waals surface area contributed by atoms with Crippen molar-refractivity contribution >= 4 is 15.7 Å². The van der Waals surface area contributed by atoms with Crippen LogP contribution in [0.2, 0.25) is 0 Å². The van der Waals surface area contributed by atoms with Crippen LogP contribution in [-0.2, 0) is 10.0 Å². The molecule has 7 heteroatoms. The van der Waals surface area contributed by atoms with Crippen molar-refractivity contribution in [3.63, 3.8) is 0 Å². The normalized spacial score (nSPS) is 21.6. The van der Waals surface area contributed by atoms with Gasteiger partial charge in [-0.15, -0.1) is 0 Å². The van der Waals surface area contributed by atoms with Crippen LogP contribution in [0.15, 0.2) is 23.1 Å². The van der Waals surface area contributed by atoms with E-state index < -0.39 is 10.0 Å². The minimum absolute atomic E-state index is 0.181. The average Bonchev–Trinajstić information content (AvgIpc) is 2.39. The van der Waals surface area contributed by atoms with Crippen LogP contribution in [0.5, 0.6) is 0 Å². The van der Waals surface area contributed by atoms with Gasteiger partial charge in [0.25, 0.3) is 0 Å². The minimum Gasteiger partial charge on any atom is -0.399 e.